The number of H-pyrrole nitrogens is 1. The zero-order valence-electron chi connectivity index (χ0n) is 14.2. The minimum atomic E-state index is -0.318. The lowest BCUT2D eigenvalue weighted by atomic mass is 9.83. The Bertz CT molecular complexity index is 787. The van der Waals surface area contributed by atoms with Gasteiger partial charge in [0.2, 0.25) is 5.56 Å². The van der Waals surface area contributed by atoms with E-state index in [4.69, 9.17) is 4.74 Å². The number of pyridine rings is 1. The maximum Gasteiger partial charge on any atom is 0.253 e. The molecular weight excluding hydrogens is 308 g/mol. The van der Waals surface area contributed by atoms with Crippen molar-refractivity contribution in [1.82, 2.24) is 19.9 Å². The van der Waals surface area contributed by atoms with E-state index in [1.165, 1.54) is 18.9 Å². The van der Waals surface area contributed by atoms with Gasteiger partial charge in [0.15, 0.2) is 5.65 Å². The van der Waals surface area contributed by atoms with Crippen LogP contribution in [0.25, 0.3) is 11.2 Å². The molecule has 0 aromatic carbocycles. The fraction of sp³-hybridized carbons (Fsp3) is 0.588. The van der Waals surface area contributed by atoms with Crippen molar-refractivity contribution in [1.29, 1.82) is 0 Å². The van der Waals surface area contributed by atoms with Gasteiger partial charge in [-0.2, -0.15) is 0 Å². The van der Waals surface area contributed by atoms with Crippen molar-refractivity contribution in [2.24, 2.45) is 12.5 Å². The molecule has 24 heavy (non-hydrogen) atoms. The number of nitrogens with zero attached hydrogens (tertiary/aromatic N) is 2. The number of fused-ring (bicyclic) bond motifs is 1. The van der Waals surface area contributed by atoms with Crippen molar-refractivity contribution in [2.75, 3.05) is 20.3 Å². The van der Waals surface area contributed by atoms with Crippen LogP contribution in [0.1, 0.15) is 42.5 Å². The van der Waals surface area contributed by atoms with Crippen LogP contribution in [0.5, 0.6) is 0 Å². The van der Waals surface area contributed by atoms with Gasteiger partial charge in [-0.3, -0.25) is 9.59 Å². The van der Waals surface area contributed by atoms with Gasteiger partial charge >= 0.3 is 0 Å². The molecule has 0 bridgehead atoms. The normalized spacial score (nSPS) is 16.6. The SMILES string of the molecule is COCCC1(CNC(=O)c2cc(=O)[nH]c3ncn(C)c23)CCCC1. The van der Waals surface area contributed by atoms with E-state index in [2.05, 4.69) is 15.3 Å². The summed E-state index contributed by atoms with van der Waals surface area (Å²) >= 11 is 0. The lowest BCUT2D eigenvalue weighted by molar-refractivity contribution is 0.0904. The summed E-state index contributed by atoms with van der Waals surface area (Å²) in [5, 5.41) is 3.04. The van der Waals surface area contributed by atoms with Gasteiger partial charge in [0.1, 0.15) is 0 Å². The number of carbonyl (C=O) groups is 1. The van der Waals surface area contributed by atoms with Crippen molar-refractivity contribution < 1.29 is 9.53 Å². The standard InChI is InChI=1S/C17H24N4O3/c1-21-11-19-15-14(21)12(9-13(22)20-15)16(23)18-10-17(7-8-24-2)5-3-4-6-17/h9,11H,3-8,10H2,1-2H3,(H,18,23)(H,20,22). The number of amides is 1. The molecule has 0 spiro atoms. The summed E-state index contributed by atoms with van der Waals surface area (Å²) in [5.41, 5.74) is 1.24. The number of hydrogen-bond donors (Lipinski definition) is 2. The lowest BCUT2D eigenvalue weighted by Gasteiger charge is -2.29. The Balaban J connectivity index is 1.80. The largest absolute Gasteiger partial charge is 0.385 e. The van der Waals surface area contributed by atoms with Crippen LogP contribution in [0.15, 0.2) is 17.2 Å². The molecule has 7 nitrogen and oxygen atoms in total. The molecule has 2 heterocycles. The summed E-state index contributed by atoms with van der Waals surface area (Å²) in [4.78, 5) is 31.3. The molecule has 0 unspecified atom stereocenters. The highest BCUT2D eigenvalue weighted by atomic mass is 16.5. The maximum atomic E-state index is 12.7. The monoisotopic (exact) mass is 332 g/mol. The average Bonchev–Trinajstić information content (AvgIpc) is 3.18. The van der Waals surface area contributed by atoms with E-state index in [-0.39, 0.29) is 16.9 Å². The van der Waals surface area contributed by atoms with Crippen LogP contribution in [-0.2, 0) is 11.8 Å². The second-order valence-electron chi connectivity index (χ2n) is 6.73. The molecular formula is C17H24N4O3. The van der Waals surface area contributed by atoms with Gasteiger partial charge in [0.25, 0.3) is 5.91 Å². The van der Waals surface area contributed by atoms with Gasteiger partial charge < -0.3 is 19.6 Å². The van der Waals surface area contributed by atoms with Crippen LogP contribution < -0.4 is 10.9 Å². The van der Waals surface area contributed by atoms with Gasteiger partial charge in [0.05, 0.1) is 17.4 Å². The zero-order valence-corrected chi connectivity index (χ0v) is 14.2. The Morgan fingerprint density at radius 1 is 1.46 bits per heavy atom. The summed E-state index contributed by atoms with van der Waals surface area (Å²) in [6.07, 6.45) is 7.13. The van der Waals surface area contributed by atoms with E-state index in [9.17, 15) is 9.59 Å². The number of aromatic amines is 1. The van der Waals surface area contributed by atoms with Gasteiger partial charge in [-0.15, -0.1) is 0 Å². The van der Waals surface area contributed by atoms with Gasteiger partial charge in [0, 0.05) is 33.4 Å². The van der Waals surface area contributed by atoms with E-state index < -0.39 is 0 Å². The lowest BCUT2D eigenvalue weighted by Crippen LogP contribution is -2.37. The van der Waals surface area contributed by atoms with E-state index in [1.807, 2.05) is 7.05 Å². The molecule has 0 radical (unpaired) electrons. The molecule has 2 aromatic heterocycles. The number of rotatable bonds is 6. The van der Waals surface area contributed by atoms with Crippen molar-refractivity contribution >= 4 is 17.1 Å². The molecule has 0 aliphatic heterocycles. The highest BCUT2D eigenvalue weighted by Crippen LogP contribution is 2.40. The predicted molar refractivity (Wildman–Crippen MR) is 91.1 cm³/mol. The highest BCUT2D eigenvalue weighted by molar-refractivity contribution is 6.04. The molecule has 0 saturated heterocycles. The fourth-order valence-corrected chi connectivity index (χ4v) is 3.69. The van der Waals surface area contributed by atoms with Crippen molar-refractivity contribution in [3.05, 3.63) is 28.3 Å². The topological polar surface area (TPSA) is 89.0 Å². The third-order valence-electron chi connectivity index (χ3n) is 5.08. The van der Waals surface area contributed by atoms with E-state index in [0.717, 1.165) is 19.3 Å². The van der Waals surface area contributed by atoms with Crippen LogP contribution in [0.2, 0.25) is 0 Å². The summed E-state index contributed by atoms with van der Waals surface area (Å²) in [7, 11) is 3.51. The number of nitrogens with one attached hydrogen (secondary N) is 2. The molecule has 130 valence electrons. The van der Waals surface area contributed by atoms with E-state index in [1.54, 1.807) is 18.0 Å². The van der Waals surface area contributed by atoms with Crippen molar-refractivity contribution in [3.63, 3.8) is 0 Å². The Kier molecular flexibility index (Phi) is 4.71. The third-order valence-corrected chi connectivity index (χ3v) is 5.08. The van der Waals surface area contributed by atoms with Crippen LogP contribution in [0, 0.1) is 5.41 Å². The first-order valence-corrected chi connectivity index (χ1v) is 8.36. The summed E-state index contributed by atoms with van der Waals surface area (Å²) in [6.45, 7) is 1.31. The molecule has 2 N–H and O–H groups in total. The molecule has 3 rings (SSSR count). The van der Waals surface area contributed by atoms with Gasteiger partial charge in [-0.25, -0.2) is 4.98 Å². The van der Waals surface area contributed by atoms with Crippen LogP contribution in [-0.4, -0.2) is 40.7 Å². The Labute approximate surface area is 140 Å². The Hall–Kier alpha value is -2.15. The minimum Gasteiger partial charge on any atom is -0.385 e. The molecule has 1 amide bonds. The number of carbonyl (C=O) groups excluding carboxylic acids is 1. The van der Waals surface area contributed by atoms with Crippen LogP contribution in [0.3, 0.4) is 0 Å². The smallest absolute Gasteiger partial charge is 0.253 e. The average molecular weight is 332 g/mol. The summed E-state index contributed by atoms with van der Waals surface area (Å²) in [6, 6.07) is 1.34. The fourth-order valence-electron chi connectivity index (χ4n) is 3.69. The van der Waals surface area contributed by atoms with Gasteiger partial charge in [-0.05, 0) is 24.7 Å². The zero-order chi connectivity index (χ0) is 17.2. The predicted octanol–water partition coefficient (Wildman–Crippen LogP) is 1.59. The molecule has 2 aromatic rings. The minimum absolute atomic E-state index is 0.110. The van der Waals surface area contributed by atoms with E-state index in [0.29, 0.717) is 29.9 Å². The molecule has 0 atom stereocenters. The number of aryl methyl sites for hydroxylation is 1. The number of hydrogen-bond acceptors (Lipinski definition) is 4. The molecule has 1 saturated carbocycles. The van der Waals surface area contributed by atoms with Crippen LogP contribution >= 0.6 is 0 Å². The first-order valence-electron chi connectivity index (χ1n) is 8.36. The second kappa shape index (κ2) is 6.76. The molecule has 7 heteroatoms. The number of ether oxygens (including phenoxy) is 1. The Morgan fingerprint density at radius 3 is 2.92 bits per heavy atom. The first-order chi connectivity index (χ1) is 11.5. The Morgan fingerprint density at radius 2 is 2.21 bits per heavy atom. The first kappa shape index (κ1) is 16.7. The number of aromatic nitrogens is 3. The van der Waals surface area contributed by atoms with Gasteiger partial charge in [-0.1, -0.05) is 12.8 Å². The van der Waals surface area contributed by atoms with Crippen molar-refractivity contribution in [2.45, 2.75) is 32.1 Å². The van der Waals surface area contributed by atoms with E-state index >= 15 is 0 Å². The highest BCUT2D eigenvalue weighted by Gasteiger charge is 2.34. The maximum absolute atomic E-state index is 12.7. The quantitative estimate of drug-likeness (QED) is 0.841. The number of imidazole rings is 1. The van der Waals surface area contributed by atoms with Crippen molar-refractivity contribution in [3.8, 4) is 0 Å². The third kappa shape index (κ3) is 3.21. The molecule has 1 aliphatic carbocycles. The second-order valence-corrected chi connectivity index (χ2v) is 6.73. The molecule has 1 fully saturated rings. The summed E-state index contributed by atoms with van der Waals surface area (Å²) < 4.78 is 6.98. The summed E-state index contributed by atoms with van der Waals surface area (Å²) in [5.74, 6) is -0.224. The molecule has 1 aliphatic rings. The van der Waals surface area contributed by atoms with Crippen LogP contribution in [0.4, 0.5) is 0 Å². The number of methoxy groups -OCH3 is 1.